The molecule has 0 aliphatic heterocycles. The summed E-state index contributed by atoms with van der Waals surface area (Å²) in [5.41, 5.74) is 0.722. The molecule has 0 bridgehead atoms. The van der Waals surface area contributed by atoms with E-state index < -0.39 is 5.97 Å². The number of aromatic amines is 1. The fourth-order valence-corrected chi connectivity index (χ4v) is 3.02. The first-order chi connectivity index (χ1) is 9.65. The largest absolute Gasteiger partial charge is 0.477 e. The Bertz CT molecular complexity index is 783. The number of pyridine rings is 1. The average Bonchev–Trinajstić information content (AvgIpc) is 2.81. The smallest absolute Gasteiger partial charge is 0.353 e. The van der Waals surface area contributed by atoms with Gasteiger partial charge in [-0.2, -0.15) is 0 Å². The number of H-pyrrole nitrogens is 1. The van der Waals surface area contributed by atoms with E-state index in [1.807, 2.05) is 18.2 Å². The molecular weight excluding hydrogens is 296 g/mol. The number of carbonyl (C=O) groups is 1. The van der Waals surface area contributed by atoms with E-state index in [2.05, 4.69) is 9.97 Å². The maximum Gasteiger partial charge on any atom is 0.353 e. The summed E-state index contributed by atoms with van der Waals surface area (Å²) >= 11 is 7.23. The summed E-state index contributed by atoms with van der Waals surface area (Å²) in [6.07, 6.45) is 1.63. The first-order valence-electron chi connectivity index (χ1n) is 5.78. The highest BCUT2D eigenvalue weighted by molar-refractivity contribution is 7.99. The van der Waals surface area contributed by atoms with Gasteiger partial charge in [0, 0.05) is 21.5 Å². The van der Waals surface area contributed by atoms with Crippen molar-refractivity contribution in [2.45, 2.75) is 9.79 Å². The minimum Gasteiger partial charge on any atom is -0.477 e. The molecule has 0 saturated heterocycles. The number of hydrogen-bond acceptors (Lipinski definition) is 3. The molecule has 0 saturated carbocycles. The Labute approximate surface area is 123 Å². The Kier molecular flexibility index (Phi) is 3.38. The zero-order chi connectivity index (χ0) is 14.1. The zero-order valence-electron chi connectivity index (χ0n) is 10.1. The second-order valence-corrected chi connectivity index (χ2v) is 5.61. The van der Waals surface area contributed by atoms with Gasteiger partial charge in [0.2, 0.25) is 0 Å². The summed E-state index contributed by atoms with van der Waals surface area (Å²) in [6.45, 7) is 0. The van der Waals surface area contributed by atoms with Gasteiger partial charge in [-0.15, -0.1) is 0 Å². The third kappa shape index (κ3) is 2.37. The van der Waals surface area contributed by atoms with Gasteiger partial charge in [-0.25, -0.2) is 9.78 Å². The lowest BCUT2D eigenvalue weighted by molar-refractivity contribution is 0.0687. The molecule has 3 rings (SSSR count). The Morgan fingerprint density at radius 3 is 2.70 bits per heavy atom. The summed E-state index contributed by atoms with van der Waals surface area (Å²) in [5, 5.41) is 10.7. The summed E-state index contributed by atoms with van der Waals surface area (Å²) in [6, 6.07) is 10.9. The molecule has 1 aromatic carbocycles. The maximum absolute atomic E-state index is 11.3. The second-order valence-electron chi connectivity index (χ2n) is 4.09. The molecule has 2 N–H and O–H groups in total. The number of hydrogen-bond donors (Lipinski definition) is 2. The lowest BCUT2D eigenvalue weighted by Gasteiger charge is -2.02. The average molecular weight is 305 g/mol. The minimum atomic E-state index is -1.00. The van der Waals surface area contributed by atoms with E-state index in [0.29, 0.717) is 15.6 Å². The number of carboxylic acid groups (broad SMARTS) is 1. The van der Waals surface area contributed by atoms with E-state index in [1.165, 1.54) is 11.8 Å². The highest BCUT2D eigenvalue weighted by atomic mass is 35.5. The van der Waals surface area contributed by atoms with Gasteiger partial charge in [0.15, 0.2) is 0 Å². The topological polar surface area (TPSA) is 66.0 Å². The first kappa shape index (κ1) is 13.0. The molecule has 20 heavy (non-hydrogen) atoms. The predicted molar refractivity (Wildman–Crippen MR) is 78.6 cm³/mol. The van der Waals surface area contributed by atoms with Crippen LogP contribution in [-0.4, -0.2) is 21.0 Å². The van der Waals surface area contributed by atoms with Crippen LogP contribution < -0.4 is 0 Å². The van der Waals surface area contributed by atoms with Gasteiger partial charge in [-0.3, -0.25) is 0 Å². The van der Waals surface area contributed by atoms with Gasteiger partial charge in [-0.05, 0) is 36.4 Å². The van der Waals surface area contributed by atoms with Gasteiger partial charge in [0.05, 0.1) is 4.90 Å². The number of aromatic nitrogens is 2. The van der Waals surface area contributed by atoms with Crippen molar-refractivity contribution >= 4 is 40.4 Å². The lowest BCUT2D eigenvalue weighted by atomic mass is 10.3. The molecule has 0 aliphatic carbocycles. The molecule has 2 heterocycles. The molecule has 0 radical (unpaired) electrons. The Balaban J connectivity index is 2.11. The van der Waals surface area contributed by atoms with Gasteiger partial charge in [0.25, 0.3) is 0 Å². The Morgan fingerprint density at radius 1 is 1.25 bits per heavy atom. The van der Waals surface area contributed by atoms with Gasteiger partial charge in [-0.1, -0.05) is 23.4 Å². The van der Waals surface area contributed by atoms with Crippen LogP contribution in [0, 0.1) is 0 Å². The van der Waals surface area contributed by atoms with Crippen molar-refractivity contribution in [2.75, 3.05) is 0 Å². The monoisotopic (exact) mass is 304 g/mol. The van der Waals surface area contributed by atoms with Crippen LogP contribution in [0.15, 0.2) is 52.4 Å². The van der Waals surface area contributed by atoms with Crippen LogP contribution in [0.3, 0.4) is 0 Å². The fourth-order valence-electron chi connectivity index (χ4n) is 1.88. The number of aromatic carboxylic acids is 1. The SMILES string of the molecule is O=C(O)c1[nH]c2ncccc2c1Sc1ccc(Cl)cc1. The number of nitrogens with zero attached hydrogens (tertiary/aromatic N) is 1. The van der Waals surface area contributed by atoms with Gasteiger partial charge < -0.3 is 10.1 Å². The fraction of sp³-hybridized carbons (Fsp3) is 0. The van der Waals surface area contributed by atoms with Crippen LogP contribution in [0.1, 0.15) is 10.5 Å². The van der Waals surface area contributed by atoms with E-state index in [9.17, 15) is 9.90 Å². The molecule has 4 nitrogen and oxygen atoms in total. The van der Waals surface area contributed by atoms with Crippen LogP contribution in [0.5, 0.6) is 0 Å². The number of halogens is 1. The molecule has 6 heteroatoms. The van der Waals surface area contributed by atoms with Gasteiger partial charge >= 0.3 is 5.97 Å². The second kappa shape index (κ2) is 5.19. The van der Waals surface area contributed by atoms with E-state index in [1.54, 1.807) is 24.4 Å². The highest BCUT2D eigenvalue weighted by Crippen LogP contribution is 2.36. The van der Waals surface area contributed by atoms with Crippen molar-refractivity contribution in [1.82, 2.24) is 9.97 Å². The summed E-state index contributed by atoms with van der Waals surface area (Å²) < 4.78 is 0. The van der Waals surface area contributed by atoms with E-state index in [-0.39, 0.29) is 5.69 Å². The number of carboxylic acids is 1. The normalized spacial score (nSPS) is 10.8. The van der Waals surface area contributed by atoms with Crippen LogP contribution in [0.2, 0.25) is 5.02 Å². The maximum atomic E-state index is 11.3. The van der Waals surface area contributed by atoms with E-state index in [0.717, 1.165) is 10.3 Å². The van der Waals surface area contributed by atoms with Crippen molar-refractivity contribution in [3.8, 4) is 0 Å². The van der Waals surface area contributed by atoms with Crippen LogP contribution >= 0.6 is 23.4 Å². The minimum absolute atomic E-state index is 0.152. The standard InChI is InChI=1S/C14H9ClN2O2S/c15-8-3-5-9(6-4-8)20-12-10-2-1-7-16-13(10)17-11(12)14(18)19/h1-7H,(H,16,17)(H,18,19). The molecule has 3 aromatic rings. The molecular formula is C14H9ClN2O2S. The van der Waals surface area contributed by atoms with Crippen molar-refractivity contribution in [1.29, 1.82) is 0 Å². The van der Waals surface area contributed by atoms with Gasteiger partial charge in [0.1, 0.15) is 11.3 Å². The summed E-state index contributed by atoms with van der Waals surface area (Å²) in [7, 11) is 0. The lowest BCUT2D eigenvalue weighted by Crippen LogP contribution is -1.97. The molecule has 0 amide bonds. The van der Waals surface area contributed by atoms with Crippen molar-refractivity contribution in [2.24, 2.45) is 0 Å². The molecule has 0 fully saturated rings. The van der Waals surface area contributed by atoms with Crippen molar-refractivity contribution in [3.63, 3.8) is 0 Å². The quantitative estimate of drug-likeness (QED) is 0.765. The molecule has 0 spiro atoms. The highest BCUT2D eigenvalue weighted by Gasteiger charge is 2.18. The third-order valence-electron chi connectivity index (χ3n) is 2.77. The van der Waals surface area contributed by atoms with E-state index in [4.69, 9.17) is 11.6 Å². The van der Waals surface area contributed by atoms with Crippen molar-refractivity contribution in [3.05, 3.63) is 53.3 Å². The number of fused-ring (bicyclic) bond motifs is 1. The third-order valence-corrected chi connectivity index (χ3v) is 4.16. The molecule has 0 atom stereocenters. The number of benzene rings is 1. The Hall–Kier alpha value is -1.98. The predicted octanol–water partition coefficient (Wildman–Crippen LogP) is 4.07. The molecule has 0 unspecified atom stereocenters. The zero-order valence-corrected chi connectivity index (χ0v) is 11.7. The molecule has 100 valence electrons. The van der Waals surface area contributed by atoms with Crippen LogP contribution in [0.4, 0.5) is 0 Å². The van der Waals surface area contributed by atoms with Crippen molar-refractivity contribution < 1.29 is 9.90 Å². The number of rotatable bonds is 3. The van der Waals surface area contributed by atoms with E-state index >= 15 is 0 Å². The van der Waals surface area contributed by atoms with Crippen LogP contribution in [-0.2, 0) is 0 Å². The molecule has 2 aromatic heterocycles. The number of nitrogens with one attached hydrogen (secondary N) is 1. The Morgan fingerprint density at radius 2 is 2.00 bits per heavy atom. The first-order valence-corrected chi connectivity index (χ1v) is 6.98. The molecule has 0 aliphatic rings. The summed E-state index contributed by atoms with van der Waals surface area (Å²) in [5.74, 6) is -1.00. The summed E-state index contributed by atoms with van der Waals surface area (Å²) in [4.78, 5) is 19.9. The van der Waals surface area contributed by atoms with Crippen LogP contribution in [0.25, 0.3) is 11.0 Å².